The quantitative estimate of drug-likeness (QED) is 0.569. The fourth-order valence-electron chi connectivity index (χ4n) is 1.92. The first-order valence-corrected chi connectivity index (χ1v) is 5.69. The predicted octanol–water partition coefficient (Wildman–Crippen LogP) is 1.71. The molecule has 1 atom stereocenters. The molecule has 3 heteroatoms. The highest BCUT2D eigenvalue weighted by molar-refractivity contribution is 5.34. The van der Waals surface area contributed by atoms with Gasteiger partial charge in [-0.1, -0.05) is 18.2 Å². The second-order valence-electron chi connectivity index (χ2n) is 4.22. The van der Waals surface area contributed by atoms with Gasteiger partial charge in [0.05, 0.1) is 0 Å². The van der Waals surface area contributed by atoms with Gasteiger partial charge in [0.2, 0.25) is 0 Å². The number of ether oxygens (including phenoxy) is 1. The highest BCUT2D eigenvalue weighted by Gasteiger charge is 2.10. The summed E-state index contributed by atoms with van der Waals surface area (Å²) in [5, 5.41) is 0. The van der Waals surface area contributed by atoms with Crippen LogP contribution >= 0.6 is 0 Å². The van der Waals surface area contributed by atoms with Gasteiger partial charge >= 0.3 is 0 Å². The number of hydrogen-bond acceptors (Lipinski definition) is 3. The molecule has 0 bridgehead atoms. The average molecular weight is 222 g/mol. The van der Waals surface area contributed by atoms with E-state index in [4.69, 9.17) is 10.6 Å². The number of nitrogens with one attached hydrogen (secondary N) is 1. The predicted molar refractivity (Wildman–Crippen MR) is 67.2 cm³/mol. The Morgan fingerprint density at radius 1 is 1.31 bits per heavy atom. The van der Waals surface area contributed by atoms with E-state index in [9.17, 15) is 0 Å². The van der Waals surface area contributed by atoms with E-state index in [2.05, 4.69) is 37.5 Å². The Balaban J connectivity index is 2.69. The van der Waals surface area contributed by atoms with Crippen molar-refractivity contribution < 1.29 is 4.74 Å². The number of hydrazine groups is 1. The van der Waals surface area contributed by atoms with Crippen LogP contribution in [0.5, 0.6) is 0 Å². The molecule has 0 spiro atoms. The summed E-state index contributed by atoms with van der Waals surface area (Å²) in [7, 11) is 1.71. The largest absolute Gasteiger partial charge is 0.385 e. The zero-order valence-corrected chi connectivity index (χ0v) is 10.4. The van der Waals surface area contributed by atoms with Crippen molar-refractivity contribution in [3.8, 4) is 0 Å². The van der Waals surface area contributed by atoms with Crippen LogP contribution in [0.2, 0.25) is 0 Å². The smallest absolute Gasteiger partial charge is 0.0477 e. The SMILES string of the molecule is COCCC(Cc1c(C)cccc1C)NN. The molecule has 0 radical (unpaired) electrons. The standard InChI is InChI=1S/C13H22N2O/c1-10-5-4-6-11(2)13(10)9-12(15-14)7-8-16-3/h4-6,12,15H,7-9,14H2,1-3H3. The Hall–Kier alpha value is -0.900. The maximum absolute atomic E-state index is 5.56. The number of benzene rings is 1. The highest BCUT2D eigenvalue weighted by atomic mass is 16.5. The maximum Gasteiger partial charge on any atom is 0.0477 e. The molecule has 0 aliphatic rings. The molecule has 1 rings (SSSR count). The monoisotopic (exact) mass is 222 g/mol. The van der Waals surface area contributed by atoms with Crippen molar-refractivity contribution in [1.29, 1.82) is 0 Å². The molecular weight excluding hydrogens is 200 g/mol. The summed E-state index contributed by atoms with van der Waals surface area (Å²) in [6, 6.07) is 6.66. The van der Waals surface area contributed by atoms with Crippen molar-refractivity contribution in [3.05, 3.63) is 34.9 Å². The van der Waals surface area contributed by atoms with Gasteiger partial charge in [-0.05, 0) is 43.4 Å². The summed E-state index contributed by atoms with van der Waals surface area (Å²) in [6.45, 7) is 5.03. The Morgan fingerprint density at radius 2 is 1.94 bits per heavy atom. The minimum absolute atomic E-state index is 0.278. The van der Waals surface area contributed by atoms with Gasteiger partial charge in [-0.2, -0.15) is 0 Å². The number of methoxy groups -OCH3 is 1. The van der Waals surface area contributed by atoms with Gasteiger partial charge in [-0.3, -0.25) is 11.3 Å². The molecule has 0 fully saturated rings. The molecule has 3 nitrogen and oxygen atoms in total. The third-order valence-electron chi connectivity index (χ3n) is 3.00. The topological polar surface area (TPSA) is 47.3 Å². The highest BCUT2D eigenvalue weighted by Crippen LogP contribution is 2.16. The Bertz CT molecular complexity index is 305. The molecule has 1 unspecified atom stereocenters. The van der Waals surface area contributed by atoms with Crippen molar-refractivity contribution in [2.24, 2.45) is 5.84 Å². The molecule has 1 aromatic rings. The van der Waals surface area contributed by atoms with Gasteiger partial charge in [0.1, 0.15) is 0 Å². The van der Waals surface area contributed by atoms with Crippen LogP contribution in [-0.4, -0.2) is 19.8 Å². The maximum atomic E-state index is 5.56. The van der Waals surface area contributed by atoms with E-state index in [1.54, 1.807) is 7.11 Å². The molecule has 90 valence electrons. The number of aryl methyl sites for hydroxylation is 2. The fourth-order valence-corrected chi connectivity index (χ4v) is 1.92. The number of hydrogen-bond donors (Lipinski definition) is 2. The van der Waals surface area contributed by atoms with Crippen molar-refractivity contribution in [2.75, 3.05) is 13.7 Å². The van der Waals surface area contributed by atoms with E-state index >= 15 is 0 Å². The molecule has 0 amide bonds. The lowest BCUT2D eigenvalue weighted by Gasteiger charge is -2.18. The lowest BCUT2D eigenvalue weighted by atomic mass is 9.95. The van der Waals surface area contributed by atoms with Crippen molar-refractivity contribution in [1.82, 2.24) is 5.43 Å². The zero-order valence-electron chi connectivity index (χ0n) is 10.4. The van der Waals surface area contributed by atoms with Gasteiger partial charge in [0, 0.05) is 19.8 Å². The summed E-state index contributed by atoms with van der Waals surface area (Å²) in [6.07, 6.45) is 1.89. The molecule has 1 aromatic carbocycles. The second-order valence-corrected chi connectivity index (χ2v) is 4.22. The molecule has 0 aliphatic heterocycles. The number of nitrogens with two attached hydrogens (primary N) is 1. The minimum Gasteiger partial charge on any atom is -0.385 e. The molecule has 0 saturated carbocycles. The van der Waals surface area contributed by atoms with E-state index < -0.39 is 0 Å². The molecule has 0 aromatic heterocycles. The lowest BCUT2D eigenvalue weighted by Crippen LogP contribution is -2.37. The molecule has 0 heterocycles. The van der Waals surface area contributed by atoms with Gasteiger partial charge in [0.25, 0.3) is 0 Å². The van der Waals surface area contributed by atoms with Gasteiger partial charge in [-0.25, -0.2) is 0 Å². The second kappa shape index (κ2) is 6.63. The van der Waals surface area contributed by atoms with Crippen LogP contribution in [-0.2, 0) is 11.2 Å². The van der Waals surface area contributed by atoms with Crippen LogP contribution in [0.25, 0.3) is 0 Å². The minimum atomic E-state index is 0.278. The zero-order chi connectivity index (χ0) is 12.0. The normalized spacial score (nSPS) is 12.8. The molecule has 0 saturated heterocycles. The van der Waals surface area contributed by atoms with E-state index in [1.165, 1.54) is 16.7 Å². The summed E-state index contributed by atoms with van der Waals surface area (Å²) in [4.78, 5) is 0. The Kier molecular flexibility index (Phi) is 5.46. The van der Waals surface area contributed by atoms with E-state index in [-0.39, 0.29) is 6.04 Å². The fraction of sp³-hybridized carbons (Fsp3) is 0.538. The van der Waals surface area contributed by atoms with Gasteiger partial charge in [-0.15, -0.1) is 0 Å². The van der Waals surface area contributed by atoms with Gasteiger partial charge < -0.3 is 4.74 Å². The first-order chi connectivity index (χ1) is 7.69. The molecule has 0 aliphatic carbocycles. The van der Waals surface area contributed by atoms with Crippen LogP contribution in [0.4, 0.5) is 0 Å². The summed E-state index contributed by atoms with van der Waals surface area (Å²) < 4.78 is 5.08. The molecule has 3 N–H and O–H groups in total. The Morgan fingerprint density at radius 3 is 2.44 bits per heavy atom. The summed E-state index contributed by atoms with van der Waals surface area (Å²) in [5.74, 6) is 5.56. The molecular formula is C13H22N2O. The van der Waals surface area contributed by atoms with Crippen LogP contribution in [0, 0.1) is 13.8 Å². The summed E-state index contributed by atoms with van der Waals surface area (Å²) in [5.41, 5.74) is 6.91. The van der Waals surface area contributed by atoms with Crippen LogP contribution < -0.4 is 11.3 Å². The van der Waals surface area contributed by atoms with Crippen molar-refractivity contribution in [3.63, 3.8) is 0 Å². The van der Waals surface area contributed by atoms with Crippen LogP contribution in [0.1, 0.15) is 23.1 Å². The average Bonchev–Trinajstić information content (AvgIpc) is 2.28. The first kappa shape index (κ1) is 13.2. The van der Waals surface area contributed by atoms with Crippen LogP contribution in [0.3, 0.4) is 0 Å². The van der Waals surface area contributed by atoms with E-state index in [1.807, 2.05) is 0 Å². The van der Waals surface area contributed by atoms with E-state index in [0.717, 1.165) is 19.4 Å². The third-order valence-corrected chi connectivity index (χ3v) is 3.00. The van der Waals surface area contributed by atoms with E-state index in [0.29, 0.717) is 0 Å². The molecule has 16 heavy (non-hydrogen) atoms. The van der Waals surface area contributed by atoms with Gasteiger partial charge in [0.15, 0.2) is 0 Å². The van der Waals surface area contributed by atoms with Crippen molar-refractivity contribution in [2.45, 2.75) is 32.7 Å². The Labute approximate surface area is 98.0 Å². The first-order valence-electron chi connectivity index (χ1n) is 5.69. The number of rotatable bonds is 6. The lowest BCUT2D eigenvalue weighted by molar-refractivity contribution is 0.182. The summed E-state index contributed by atoms with van der Waals surface area (Å²) >= 11 is 0. The van der Waals surface area contributed by atoms with Crippen molar-refractivity contribution >= 4 is 0 Å². The van der Waals surface area contributed by atoms with Crippen LogP contribution in [0.15, 0.2) is 18.2 Å². The third kappa shape index (κ3) is 3.59.